The molecule has 0 unspecified atom stereocenters. The Bertz CT molecular complexity index is 870. The summed E-state index contributed by atoms with van der Waals surface area (Å²) in [5.74, 6) is 1.18. The van der Waals surface area contributed by atoms with Crippen molar-refractivity contribution >= 4 is 18.2 Å². The predicted molar refractivity (Wildman–Crippen MR) is 100 cm³/mol. The Balaban J connectivity index is 1.57. The fourth-order valence-electron chi connectivity index (χ4n) is 2.86. The minimum Gasteiger partial charge on any atom is -0.444 e. The van der Waals surface area contributed by atoms with Gasteiger partial charge in [-0.15, -0.1) is 0 Å². The van der Waals surface area contributed by atoms with Crippen LogP contribution in [-0.4, -0.2) is 44.8 Å². The van der Waals surface area contributed by atoms with Gasteiger partial charge in [0.05, 0.1) is 0 Å². The summed E-state index contributed by atoms with van der Waals surface area (Å²) in [7, 11) is 0. The number of likely N-dealkylation sites (tertiary alicyclic amines) is 1. The zero-order valence-electron chi connectivity index (χ0n) is 15.8. The quantitative estimate of drug-likeness (QED) is 0.888. The van der Waals surface area contributed by atoms with Gasteiger partial charge in [0.15, 0.2) is 5.82 Å². The van der Waals surface area contributed by atoms with Crippen LogP contribution >= 0.6 is 0 Å². The van der Waals surface area contributed by atoms with Gasteiger partial charge in [0.2, 0.25) is 5.56 Å². The van der Waals surface area contributed by atoms with E-state index in [2.05, 4.69) is 15.1 Å². The topological polar surface area (TPSA) is 101 Å². The minimum atomic E-state index is -0.494. The number of hydrogen-bond donors (Lipinski definition) is 1. The highest BCUT2D eigenvalue weighted by molar-refractivity contribution is 5.68. The van der Waals surface area contributed by atoms with Crippen molar-refractivity contribution in [3.63, 3.8) is 0 Å². The summed E-state index contributed by atoms with van der Waals surface area (Å²) >= 11 is 0. The number of piperidine rings is 1. The lowest BCUT2D eigenvalue weighted by Gasteiger charge is -2.32. The van der Waals surface area contributed by atoms with Crippen LogP contribution < -0.4 is 5.56 Å². The molecule has 3 rings (SSSR count). The molecule has 0 aliphatic carbocycles. The smallest absolute Gasteiger partial charge is 0.410 e. The molecule has 1 N–H and O–H groups in total. The summed E-state index contributed by atoms with van der Waals surface area (Å²) in [5.41, 5.74) is 0.0937. The summed E-state index contributed by atoms with van der Waals surface area (Å²) in [5, 5.41) is 4.06. The Kier molecular flexibility index (Phi) is 5.43. The van der Waals surface area contributed by atoms with E-state index < -0.39 is 5.60 Å². The normalized spacial score (nSPS) is 16.0. The average Bonchev–Trinajstić information content (AvgIpc) is 3.08. The van der Waals surface area contributed by atoms with Crippen molar-refractivity contribution in [1.82, 2.24) is 20.0 Å². The number of pyridine rings is 1. The lowest BCUT2D eigenvalue weighted by atomic mass is 9.96. The molecule has 2 aromatic heterocycles. The molecule has 8 nitrogen and oxygen atoms in total. The fourth-order valence-corrected chi connectivity index (χ4v) is 2.86. The van der Waals surface area contributed by atoms with Gasteiger partial charge < -0.3 is 19.1 Å². The molecule has 0 aromatic carbocycles. The third-order valence-corrected chi connectivity index (χ3v) is 4.19. The molecule has 0 atom stereocenters. The van der Waals surface area contributed by atoms with Gasteiger partial charge in [0, 0.05) is 37.3 Å². The molecule has 0 bridgehead atoms. The summed E-state index contributed by atoms with van der Waals surface area (Å²) in [6.45, 7) is 6.78. The molecule has 1 fully saturated rings. The monoisotopic (exact) mass is 372 g/mol. The second-order valence-corrected chi connectivity index (χ2v) is 7.55. The van der Waals surface area contributed by atoms with Crippen LogP contribution in [0.25, 0.3) is 12.2 Å². The minimum absolute atomic E-state index is 0.147. The average molecular weight is 372 g/mol. The van der Waals surface area contributed by atoms with Crippen LogP contribution in [0.3, 0.4) is 0 Å². The van der Waals surface area contributed by atoms with E-state index in [1.807, 2.05) is 20.8 Å². The van der Waals surface area contributed by atoms with Crippen molar-refractivity contribution in [2.24, 2.45) is 0 Å². The number of carbonyl (C=O) groups is 1. The second-order valence-electron chi connectivity index (χ2n) is 7.55. The fraction of sp³-hybridized carbons (Fsp3) is 0.474. The van der Waals surface area contributed by atoms with Crippen molar-refractivity contribution < 1.29 is 14.1 Å². The number of H-pyrrole nitrogens is 1. The number of ether oxygens (including phenoxy) is 1. The highest BCUT2D eigenvalue weighted by Gasteiger charge is 2.29. The van der Waals surface area contributed by atoms with E-state index >= 15 is 0 Å². The number of amides is 1. The molecule has 0 saturated carbocycles. The molecular weight excluding hydrogens is 348 g/mol. The molecule has 1 saturated heterocycles. The molecule has 0 radical (unpaired) electrons. The number of aromatic amines is 1. The van der Waals surface area contributed by atoms with Crippen molar-refractivity contribution in [2.75, 3.05) is 13.1 Å². The van der Waals surface area contributed by atoms with Crippen LogP contribution in [0.1, 0.15) is 56.8 Å². The summed E-state index contributed by atoms with van der Waals surface area (Å²) < 4.78 is 10.7. The number of hydrogen-bond acceptors (Lipinski definition) is 6. The summed E-state index contributed by atoms with van der Waals surface area (Å²) in [4.78, 5) is 32.1. The maximum absolute atomic E-state index is 12.1. The number of rotatable bonds is 3. The molecular formula is C19H24N4O4. The van der Waals surface area contributed by atoms with Crippen LogP contribution in [0.4, 0.5) is 4.79 Å². The van der Waals surface area contributed by atoms with E-state index in [0.717, 1.165) is 18.4 Å². The van der Waals surface area contributed by atoms with E-state index in [-0.39, 0.29) is 17.6 Å². The number of carbonyl (C=O) groups excluding carboxylic acids is 1. The van der Waals surface area contributed by atoms with E-state index in [0.29, 0.717) is 24.8 Å². The first-order chi connectivity index (χ1) is 12.8. The van der Waals surface area contributed by atoms with Gasteiger partial charge in [-0.3, -0.25) is 4.79 Å². The Hall–Kier alpha value is -2.90. The molecule has 1 aliphatic heterocycles. The molecule has 0 spiro atoms. The SMILES string of the molecule is CC(C)(C)OC(=O)N1CCC(c2noc(/C=C/c3cc[nH]c(=O)c3)n2)CC1. The second kappa shape index (κ2) is 7.77. The van der Waals surface area contributed by atoms with E-state index in [4.69, 9.17) is 9.26 Å². The highest BCUT2D eigenvalue weighted by atomic mass is 16.6. The van der Waals surface area contributed by atoms with Gasteiger partial charge in [-0.2, -0.15) is 4.98 Å². The van der Waals surface area contributed by atoms with Crippen LogP contribution in [0, 0.1) is 0 Å². The zero-order chi connectivity index (χ0) is 19.4. The van der Waals surface area contributed by atoms with E-state index in [1.165, 1.54) is 6.07 Å². The largest absolute Gasteiger partial charge is 0.444 e. The van der Waals surface area contributed by atoms with Crippen LogP contribution in [-0.2, 0) is 4.74 Å². The van der Waals surface area contributed by atoms with Crippen LogP contribution in [0.2, 0.25) is 0 Å². The lowest BCUT2D eigenvalue weighted by Crippen LogP contribution is -2.41. The third-order valence-electron chi connectivity index (χ3n) is 4.19. The predicted octanol–water partition coefficient (Wildman–Crippen LogP) is 3.04. The van der Waals surface area contributed by atoms with Crippen molar-refractivity contribution in [1.29, 1.82) is 0 Å². The van der Waals surface area contributed by atoms with Gasteiger partial charge in [0.1, 0.15) is 5.60 Å². The summed E-state index contributed by atoms with van der Waals surface area (Å²) in [6.07, 6.45) is 6.25. The van der Waals surface area contributed by atoms with Crippen molar-refractivity contribution in [3.05, 3.63) is 46.0 Å². The van der Waals surface area contributed by atoms with Gasteiger partial charge in [-0.1, -0.05) is 5.16 Å². The first-order valence-electron chi connectivity index (χ1n) is 8.98. The highest BCUT2D eigenvalue weighted by Crippen LogP contribution is 2.27. The molecule has 1 amide bonds. The van der Waals surface area contributed by atoms with Crippen LogP contribution in [0.15, 0.2) is 27.6 Å². The molecule has 3 heterocycles. The van der Waals surface area contributed by atoms with Gasteiger partial charge in [-0.25, -0.2) is 4.79 Å². The molecule has 2 aromatic rings. The van der Waals surface area contributed by atoms with Gasteiger partial charge in [0.25, 0.3) is 5.89 Å². The lowest BCUT2D eigenvalue weighted by molar-refractivity contribution is 0.0203. The van der Waals surface area contributed by atoms with Gasteiger partial charge >= 0.3 is 6.09 Å². The Morgan fingerprint density at radius 1 is 1.33 bits per heavy atom. The Morgan fingerprint density at radius 2 is 2.07 bits per heavy atom. The van der Waals surface area contributed by atoms with Crippen molar-refractivity contribution in [3.8, 4) is 0 Å². The first kappa shape index (κ1) is 18.9. The Labute approximate surface area is 157 Å². The van der Waals surface area contributed by atoms with Gasteiger partial charge in [-0.05, 0) is 51.3 Å². The Morgan fingerprint density at radius 3 is 2.74 bits per heavy atom. The number of aromatic nitrogens is 3. The standard InChI is InChI=1S/C19H24N4O4/c1-19(2,3)26-18(25)23-10-7-14(8-11-23)17-21-16(27-22-17)5-4-13-6-9-20-15(24)12-13/h4-6,9,12,14H,7-8,10-11H2,1-3H3,(H,20,24)/b5-4+. The van der Waals surface area contributed by atoms with E-state index in [9.17, 15) is 9.59 Å². The number of nitrogens with zero attached hydrogens (tertiary/aromatic N) is 3. The van der Waals surface area contributed by atoms with Crippen molar-refractivity contribution in [2.45, 2.75) is 45.1 Å². The maximum atomic E-state index is 12.1. The van der Waals surface area contributed by atoms with E-state index in [1.54, 1.807) is 29.3 Å². The first-order valence-corrected chi connectivity index (χ1v) is 8.98. The molecule has 8 heteroatoms. The summed E-state index contributed by atoms with van der Waals surface area (Å²) in [6, 6.07) is 3.27. The maximum Gasteiger partial charge on any atom is 0.410 e. The van der Waals surface area contributed by atoms with Crippen LogP contribution in [0.5, 0.6) is 0 Å². The molecule has 27 heavy (non-hydrogen) atoms. The molecule has 1 aliphatic rings. The third kappa shape index (κ3) is 5.29. The number of nitrogens with one attached hydrogen (secondary N) is 1. The zero-order valence-corrected chi connectivity index (χ0v) is 15.8. The molecule has 144 valence electrons.